The van der Waals surface area contributed by atoms with E-state index in [1.54, 1.807) is 0 Å². The third-order valence-electron chi connectivity index (χ3n) is 5.80. The maximum atomic E-state index is 8.77. The van der Waals surface area contributed by atoms with Gasteiger partial charge in [-0.3, -0.25) is 10.8 Å². The lowest BCUT2D eigenvalue weighted by molar-refractivity contribution is 0.563. The first kappa shape index (κ1) is 27.3. The van der Waals surface area contributed by atoms with Crippen LogP contribution in [-0.4, -0.2) is 23.1 Å². The summed E-state index contributed by atoms with van der Waals surface area (Å²) in [6, 6.07) is 0. The van der Waals surface area contributed by atoms with Crippen molar-refractivity contribution in [2.24, 2.45) is 16.9 Å². The molecule has 0 bridgehead atoms. The molecule has 168 valence electrons. The van der Waals surface area contributed by atoms with Crippen LogP contribution in [0, 0.1) is 27.1 Å². The second-order valence-electron chi connectivity index (χ2n) is 8.34. The van der Waals surface area contributed by atoms with E-state index in [0.29, 0.717) is 37.1 Å². The van der Waals surface area contributed by atoms with Crippen molar-refractivity contribution < 1.29 is 0 Å². The smallest absolute Gasteiger partial charge is 0.108 e. The van der Waals surface area contributed by atoms with Crippen molar-refractivity contribution in [2.45, 2.75) is 117 Å². The molecule has 0 fully saturated rings. The highest BCUT2D eigenvalue weighted by atomic mass is 14.8. The summed E-state index contributed by atoms with van der Waals surface area (Å²) in [6.07, 6.45) is 14.8. The van der Waals surface area contributed by atoms with Crippen molar-refractivity contribution in [3.05, 3.63) is 0 Å². The molecule has 0 saturated heterocycles. The van der Waals surface area contributed by atoms with Crippen LogP contribution >= 0.6 is 0 Å². The number of nitrogens with one attached hydrogen (secondary N) is 4. The Hall–Kier alpha value is -1.72. The molecular weight excluding hydrogens is 360 g/mol. The Bertz CT molecular complexity index is 485. The number of amidine groups is 2. The number of unbranched alkanes of at least 4 members (excludes halogenated alkanes) is 9. The number of hydrogen-bond donors (Lipinski definition) is 6. The van der Waals surface area contributed by atoms with Gasteiger partial charge in [-0.25, -0.2) is 0 Å². The van der Waals surface area contributed by atoms with Gasteiger partial charge < -0.3 is 22.3 Å². The predicted octanol–water partition coefficient (Wildman–Crippen LogP) is 6.17. The topological polar surface area (TPSA) is 147 Å². The van der Waals surface area contributed by atoms with Gasteiger partial charge in [0.2, 0.25) is 0 Å². The van der Waals surface area contributed by atoms with Gasteiger partial charge in [-0.2, -0.15) is 0 Å². The average Bonchev–Trinajstić information content (AvgIpc) is 2.67. The van der Waals surface area contributed by atoms with Crippen LogP contribution in [0.15, 0.2) is 0 Å². The van der Waals surface area contributed by atoms with Crippen molar-refractivity contribution in [3.63, 3.8) is 0 Å². The summed E-state index contributed by atoms with van der Waals surface area (Å²) in [5.74, 6) is 0.105. The molecule has 6 heteroatoms. The van der Waals surface area contributed by atoms with Crippen LogP contribution in [-0.2, 0) is 0 Å². The lowest BCUT2D eigenvalue weighted by Crippen LogP contribution is -2.49. The monoisotopic (exact) mass is 406 g/mol. The van der Waals surface area contributed by atoms with Gasteiger partial charge in [0.15, 0.2) is 0 Å². The van der Waals surface area contributed by atoms with Gasteiger partial charge >= 0.3 is 0 Å². The number of rotatable bonds is 20. The summed E-state index contributed by atoms with van der Waals surface area (Å²) in [5.41, 5.74) is 11.3. The second-order valence-corrected chi connectivity index (χ2v) is 8.34. The van der Waals surface area contributed by atoms with E-state index in [1.165, 1.54) is 38.5 Å². The molecule has 29 heavy (non-hydrogen) atoms. The van der Waals surface area contributed by atoms with E-state index in [9.17, 15) is 0 Å². The molecular formula is C23H46N6. The first-order chi connectivity index (χ1) is 13.8. The highest BCUT2D eigenvalue weighted by Gasteiger charge is 2.41. The van der Waals surface area contributed by atoms with Crippen LogP contribution in [0.5, 0.6) is 0 Å². The van der Waals surface area contributed by atoms with Crippen molar-refractivity contribution in [1.82, 2.24) is 0 Å². The van der Waals surface area contributed by atoms with Crippen molar-refractivity contribution in [1.29, 1.82) is 21.6 Å². The molecule has 0 aromatic heterocycles. The number of hydrogen-bond acceptors (Lipinski definition) is 4. The van der Waals surface area contributed by atoms with Gasteiger partial charge in [-0.05, 0) is 38.5 Å². The molecule has 6 nitrogen and oxygen atoms in total. The van der Waals surface area contributed by atoms with Crippen LogP contribution < -0.4 is 11.5 Å². The van der Waals surface area contributed by atoms with E-state index in [0.717, 1.165) is 38.5 Å². The van der Waals surface area contributed by atoms with E-state index in [4.69, 9.17) is 33.1 Å². The third-order valence-corrected chi connectivity index (χ3v) is 5.80. The minimum Gasteiger partial charge on any atom is -0.388 e. The molecule has 0 aliphatic heterocycles. The van der Waals surface area contributed by atoms with Crippen molar-refractivity contribution in [2.75, 3.05) is 0 Å². The quantitative estimate of drug-likeness (QED) is 0.0815. The Labute approximate surface area is 178 Å². The van der Waals surface area contributed by atoms with Gasteiger partial charge in [0.1, 0.15) is 11.3 Å². The Balaban J connectivity index is 5.11. The zero-order chi connectivity index (χ0) is 22.1. The van der Waals surface area contributed by atoms with Gasteiger partial charge in [0, 0.05) is 17.8 Å². The minimum atomic E-state index is -1.04. The molecule has 0 unspecified atom stereocenters. The first-order valence-electron chi connectivity index (χ1n) is 11.7. The molecule has 0 radical (unpaired) electrons. The van der Waals surface area contributed by atoms with E-state index >= 15 is 0 Å². The fraction of sp³-hybridized carbons (Fsp3) is 0.826. The van der Waals surface area contributed by atoms with Crippen LogP contribution in [0.25, 0.3) is 0 Å². The maximum absolute atomic E-state index is 8.77. The summed E-state index contributed by atoms with van der Waals surface area (Å²) in [4.78, 5) is 0. The van der Waals surface area contributed by atoms with Gasteiger partial charge in [0.05, 0.1) is 5.84 Å². The molecule has 0 rings (SSSR count). The first-order valence-corrected chi connectivity index (χ1v) is 11.7. The summed E-state index contributed by atoms with van der Waals surface area (Å²) < 4.78 is 0. The Kier molecular flexibility index (Phi) is 15.2. The predicted molar refractivity (Wildman–Crippen MR) is 127 cm³/mol. The van der Waals surface area contributed by atoms with Crippen LogP contribution in [0.2, 0.25) is 0 Å². The van der Waals surface area contributed by atoms with E-state index < -0.39 is 5.41 Å². The molecule has 0 aliphatic rings. The molecule has 0 saturated carbocycles. The van der Waals surface area contributed by atoms with Crippen LogP contribution in [0.3, 0.4) is 0 Å². The van der Waals surface area contributed by atoms with E-state index in [-0.39, 0.29) is 11.7 Å². The summed E-state index contributed by atoms with van der Waals surface area (Å²) in [6.45, 7) is 4.37. The summed E-state index contributed by atoms with van der Waals surface area (Å²) in [5, 5.41) is 33.2. The molecule has 0 amide bonds. The normalized spacial score (nSPS) is 13.0. The lowest BCUT2D eigenvalue weighted by Gasteiger charge is -2.34. The van der Waals surface area contributed by atoms with E-state index in [1.807, 2.05) is 0 Å². The molecule has 0 spiro atoms. The van der Waals surface area contributed by atoms with Crippen LogP contribution in [0.1, 0.15) is 117 Å². The lowest BCUT2D eigenvalue weighted by atomic mass is 9.70. The van der Waals surface area contributed by atoms with Crippen molar-refractivity contribution in [3.8, 4) is 0 Å². The van der Waals surface area contributed by atoms with Gasteiger partial charge in [-0.15, -0.1) is 0 Å². The third kappa shape index (κ3) is 10.6. The highest BCUT2D eigenvalue weighted by Crippen LogP contribution is 2.33. The fourth-order valence-electron chi connectivity index (χ4n) is 3.89. The highest BCUT2D eigenvalue weighted by molar-refractivity contribution is 6.25. The molecule has 0 aliphatic carbocycles. The van der Waals surface area contributed by atoms with Gasteiger partial charge in [-0.1, -0.05) is 71.6 Å². The zero-order valence-electron chi connectivity index (χ0n) is 19.0. The van der Waals surface area contributed by atoms with Gasteiger partial charge in [0.25, 0.3) is 0 Å². The number of nitrogens with two attached hydrogens (primary N) is 2. The SMILES string of the molecule is CCCCCCCC(=N)C(CCCCC(=N)N)(C(=N)N)C(=N)CCCCCCC. The minimum absolute atomic E-state index is 0.0579. The van der Waals surface area contributed by atoms with Crippen LogP contribution in [0.4, 0.5) is 0 Å². The fourth-order valence-corrected chi connectivity index (χ4v) is 3.89. The molecule has 0 atom stereocenters. The summed E-state index contributed by atoms with van der Waals surface area (Å²) >= 11 is 0. The molecule has 8 N–H and O–H groups in total. The second kappa shape index (κ2) is 16.1. The maximum Gasteiger partial charge on any atom is 0.108 e. The Morgan fingerprint density at radius 2 is 1.00 bits per heavy atom. The molecule has 0 heterocycles. The standard InChI is InChI=1S/C23H46N6/c1-3-5-7-9-11-15-19(24)23(22(28)29,18-14-13-17-21(26)27)20(25)16-12-10-8-6-4-2/h24-25H,3-18H2,1-2H3,(H3,26,27)(H3,28,29). The Morgan fingerprint density at radius 1 is 0.586 bits per heavy atom. The Morgan fingerprint density at radius 3 is 1.38 bits per heavy atom. The molecule has 0 aromatic rings. The molecule has 0 aromatic carbocycles. The van der Waals surface area contributed by atoms with E-state index in [2.05, 4.69) is 13.8 Å². The summed E-state index contributed by atoms with van der Waals surface area (Å²) in [7, 11) is 0. The average molecular weight is 407 g/mol. The largest absolute Gasteiger partial charge is 0.388 e. The zero-order valence-corrected chi connectivity index (χ0v) is 19.0. The van der Waals surface area contributed by atoms with Crippen molar-refractivity contribution >= 4 is 23.1 Å².